The lowest BCUT2D eigenvalue weighted by Crippen LogP contribution is -2.33. The fourth-order valence-corrected chi connectivity index (χ4v) is 7.68. The third kappa shape index (κ3) is 4.71. The number of thiazole rings is 1. The van der Waals surface area contributed by atoms with Crippen LogP contribution in [0.25, 0.3) is 0 Å². The second-order valence-corrected chi connectivity index (χ2v) is 11.9. The molecule has 0 spiro atoms. The molecule has 0 saturated carbocycles. The maximum absolute atomic E-state index is 13.8. The lowest BCUT2D eigenvalue weighted by Gasteiger charge is -2.29. The number of halogens is 4. The molecule has 40 heavy (non-hydrogen) atoms. The summed E-state index contributed by atoms with van der Waals surface area (Å²) in [6, 6.07) is 18.7. The fourth-order valence-electron chi connectivity index (χ4n) is 5.04. The second-order valence-electron chi connectivity index (χ2n) is 9.26. The zero-order valence-corrected chi connectivity index (χ0v) is 22.7. The van der Waals surface area contributed by atoms with Gasteiger partial charge in [0.25, 0.3) is 0 Å². The summed E-state index contributed by atoms with van der Waals surface area (Å²) in [5, 5.41) is 0.0534. The van der Waals surface area contributed by atoms with Crippen LogP contribution in [-0.2, 0) is 22.4 Å². The molecule has 0 radical (unpaired) electrons. The van der Waals surface area contributed by atoms with Crippen molar-refractivity contribution in [2.75, 3.05) is 4.90 Å². The Morgan fingerprint density at radius 3 is 2.33 bits per heavy atom. The van der Waals surface area contributed by atoms with E-state index in [0.717, 1.165) is 40.8 Å². The molecule has 204 valence electrons. The number of carbonyl (C=O) groups excluding carboxylic acids is 2. The number of nitrogens with one attached hydrogen (secondary N) is 1. The van der Waals surface area contributed by atoms with E-state index >= 15 is 0 Å². The van der Waals surface area contributed by atoms with Crippen LogP contribution in [0.1, 0.15) is 27.5 Å². The molecule has 12 heteroatoms. The van der Waals surface area contributed by atoms with Gasteiger partial charge in [-0.2, -0.15) is 13.2 Å². The van der Waals surface area contributed by atoms with Crippen LogP contribution in [0.5, 0.6) is 5.75 Å². The molecule has 1 aromatic heterocycles. The number of H-pyrrole nitrogens is 1. The number of ether oxygens (including phenoxy) is 1. The van der Waals surface area contributed by atoms with Gasteiger partial charge < -0.3 is 9.72 Å². The van der Waals surface area contributed by atoms with Gasteiger partial charge in [0.05, 0.1) is 22.2 Å². The minimum atomic E-state index is -4.76. The minimum Gasteiger partial charge on any atom is -0.489 e. The SMILES string of the molecule is O=C1C2Sc3[nH]c(=O)sc3C(c3ccc(OCc4ccc(Cl)cc4)cc3)C2C(=O)N1c1ccccc1C(F)(F)F. The van der Waals surface area contributed by atoms with Gasteiger partial charge in [0.1, 0.15) is 17.6 Å². The smallest absolute Gasteiger partial charge is 0.418 e. The Hall–Kier alpha value is -3.54. The Labute approximate surface area is 238 Å². The highest BCUT2D eigenvalue weighted by Crippen LogP contribution is 2.54. The van der Waals surface area contributed by atoms with E-state index in [2.05, 4.69) is 4.98 Å². The number of aromatic nitrogens is 1. The van der Waals surface area contributed by atoms with Crippen molar-refractivity contribution >= 4 is 52.2 Å². The number of benzene rings is 3. The summed E-state index contributed by atoms with van der Waals surface area (Å²) >= 11 is 7.86. The van der Waals surface area contributed by atoms with Crippen LogP contribution < -0.4 is 14.5 Å². The number of amides is 2. The summed E-state index contributed by atoms with van der Waals surface area (Å²) in [7, 11) is 0. The number of alkyl halides is 3. The van der Waals surface area contributed by atoms with E-state index in [9.17, 15) is 27.6 Å². The number of hydrogen-bond donors (Lipinski definition) is 1. The molecule has 2 aliphatic rings. The number of nitrogens with zero attached hydrogens (tertiary/aromatic N) is 1. The summed E-state index contributed by atoms with van der Waals surface area (Å²) in [5.74, 6) is -2.65. The van der Waals surface area contributed by atoms with Crippen molar-refractivity contribution in [2.45, 2.75) is 29.0 Å². The quantitative estimate of drug-likeness (QED) is 0.264. The Morgan fingerprint density at radius 1 is 0.925 bits per heavy atom. The van der Waals surface area contributed by atoms with E-state index in [1.54, 1.807) is 36.4 Å². The molecule has 2 aliphatic heterocycles. The number of fused-ring (bicyclic) bond motifs is 2. The third-order valence-corrected chi connectivity index (χ3v) is 9.49. The van der Waals surface area contributed by atoms with Crippen LogP contribution in [-0.4, -0.2) is 22.0 Å². The normalized spacial score (nSPS) is 20.4. The first-order valence-corrected chi connectivity index (χ1v) is 14.1. The highest BCUT2D eigenvalue weighted by Gasteiger charge is 2.57. The Bertz CT molecular complexity index is 1670. The van der Waals surface area contributed by atoms with Crippen LogP contribution in [0, 0.1) is 5.92 Å². The lowest BCUT2D eigenvalue weighted by molar-refractivity contribution is -0.137. The summed E-state index contributed by atoms with van der Waals surface area (Å²) in [4.78, 5) is 43.2. The van der Waals surface area contributed by atoms with E-state index in [1.165, 1.54) is 12.1 Å². The third-order valence-electron chi connectivity index (χ3n) is 6.83. The van der Waals surface area contributed by atoms with Crippen LogP contribution >= 0.6 is 34.7 Å². The molecular formula is C28H18ClF3N2O4S2. The molecule has 3 aromatic carbocycles. The predicted octanol–water partition coefficient (Wildman–Crippen LogP) is 6.48. The van der Waals surface area contributed by atoms with Gasteiger partial charge in [-0.25, -0.2) is 4.90 Å². The van der Waals surface area contributed by atoms with Crippen molar-refractivity contribution in [3.63, 3.8) is 0 Å². The van der Waals surface area contributed by atoms with Gasteiger partial charge in [0, 0.05) is 15.8 Å². The summed E-state index contributed by atoms with van der Waals surface area (Å²) in [6.45, 7) is 0.297. The first-order chi connectivity index (χ1) is 19.1. The van der Waals surface area contributed by atoms with E-state index in [0.29, 0.717) is 37.7 Å². The number of carbonyl (C=O) groups is 2. The van der Waals surface area contributed by atoms with Crippen molar-refractivity contribution in [3.05, 3.63) is 109 Å². The number of thioether (sulfide) groups is 1. The van der Waals surface area contributed by atoms with Gasteiger partial charge >= 0.3 is 11.0 Å². The van der Waals surface area contributed by atoms with Crippen LogP contribution in [0.4, 0.5) is 18.9 Å². The van der Waals surface area contributed by atoms with Crippen molar-refractivity contribution in [1.82, 2.24) is 4.98 Å². The highest BCUT2D eigenvalue weighted by atomic mass is 35.5. The van der Waals surface area contributed by atoms with E-state index < -0.39 is 46.3 Å². The molecule has 3 unspecified atom stereocenters. The largest absolute Gasteiger partial charge is 0.489 e. The molecule has 0 aliphatic carbocycles. The average Bonchev–Trinajstić information content (AvgIpc) is 3.42. The molecule has 1 saturated heterocycles. The molecule has 3 heterocycles. The molecule has 2 amide bonds. The molecule has 4 aromatic rings. The van der Waals surface area contributed by atoms with Gasteiger partial charge in [0.2, 0.25) is 11.8 Å². The van der Waals surface area contributed by atoms with E-state index in [-0.39, 0.29) is 4.87 Å². The minimum absolute atomic E-state index is 0.297. The van der Waals surface area contributed by atoms with Gasteiger partial charge in [-0.15, -0.1) is 0 Å². The highest BCUT2D eigenvalue weighted by molar-refractivity contribution is 8.00. The number of anilines is 1. The van der Waals surface area contributed by atoms with Crippen molar-refractivity contribution < 1.29 is 27.5 Å². The molecule has 6 nitrogen and oxygen atoms in total. The van der Waals surface area contributed by atoms with Crippen molar-refractivity contribution in [3.8, 4) is 5.75 Å². The Balaban J connectivity index is 1.35. The standard InChI is InChI=1S/C28H18ClF3N2O4S2/c29-16-9-5-14(6-10-16)13-38-17-11-7-15(8-12-17)20-21-23(39-24-22(20)40-27(37)33-24)26(36)34(25(21)35)19-4-2-1-3-18(19)28(30,31)32/h1-12,20-21,23H,13H2,(H,33,37). The molecular weight excluding hydrogens is 585 g/mol. The van der Waals surface area contributed by atoms with Crippen molar-refractivity contribution in [2.24, 2.45) is 5.92 Å². The molecule has 1 N–H and O–H groups in total. The molecule has 1 fully saturated rings. The predicted molar refractivity (Wildman–Crippen MR) is 146 cm³/mol. The Kier molecular flexibility index (Phi) is 6.76. The van der Waals surface area contributed by atoms with E-state index in [1.807, 2.05) is 12.1 Å². The lowest BCUT2D eigenvalue weighted by atomic mass is 9.83. The Morgan fingerprint density at radius 2 is 1.62 bits per heavy atom. The number of para-hydroxylation sites is 1. The van der Waals surface area contributed by atoms with Crippen LogP contribution in [0.3, 0.4) is 0 Å². The molecule has 0 bridgehead atoms. The topological polar surface area (TPSA) is 79.5 Å². The van der Waals surface area contributed by atoms with Gasteiger partial charge in [-0.1, -0.05) is 71.1 Å². The maximum atomic E-state index is 13.8. The zero-order chi connectivity index (χ0) is 28.2. The second kappa shape index (κ2) is 10.1. The maximum Gasteiger partial charge on any atom is 0.418 e. The van der Waals surface area contributed by atoms with Crippen LogP contribution in [0.2, 0.25) is 5.02 Å². The molecule has 3 atom stereocenters. The van der Waals surface area contributed by atoms with Gasteiger partial charge in [0.15, 0.2) is 0 Å². The summed E-state index contributed by atoms with van der Waals surface area (Å²) in [5.41, 5.74) is -0.0155. The average molecular weight is 603 g/mol. The zero-order valence-electron chi connectivity index (χ0n) is 20.3. The van der Waals surface area contributed by atoms with Gasteiger partial charge in [-0.05, 0) is 47.5 Å². The summed E-state index contributed by atoms with van der Waals surface area (Å²) < 4.78 is 47.2. The van der Waals surface area contributed by atoms with E-state index in [4.69, 9.17) is 16.3 Å². The first-order valence-electron chi connectivity index (χ1n) is 12.0. The van der Waals surface area contributed by atoms with Gasteiger partial charge in [-0.3, -0.25) is 14.4 Å². The molecule has 6 rings (SSSR count). The number of hydrogen-bond acceptors (Lipinski definition) is 6. The van der Waals surface area contributed by atoms with Crippen molar-refractivity contribution in [1.29, 1.82) is 0 Å². The fraction of sp³-hybridized carbons (Fsp3) is 0.179. The monoisotopic (exact) mass is 602 g/mol. The first kappa shape index (κ1) is 26.7. The summed E-state index contributed by atoms with van der Waals surface area (Å²) in [6.07, 6.45) is -4.76. The number of aromatic amines is 1. The number of rotatable bonds is 5. The van der Waals surface area contributed by atoms with Crippen LogP contribution in [0.15, 0.2) is 82.6 Å². The number of imide groups is 1.